The molecule has 1 amide bonds. The second-order valence-corrected chi connectivity index (χ2v) is 4.05. The van der Waals surface area contributed by atoms with Crippen molar-refractivity contribution in [1.29, 1.82) is 0 Å². The third-order valence-electron chi connectivity index (χ3n) is 2.80. The van der Waals surface area contributed by atoms with Crippen molar-refractivity contribution in [2.45, 2.75) is 25.4 Å². The van der Waals surface area contributed by atoms with E-state index >= 15 is 0 Å². The number of amides is 1. The van der Waals surface area contributed by atoms with Crippen molar-refractivity contribution in [3.8, 4) is 0 Å². The highest BCUT2D eigenvalue weighted by Gasteiger charge is 2.21. The number of carbonyl (C=O) groups is 1. The van der Waals surface area contributed by atoms with Crippen LogP contribution in [0, 0.1) is 0 Å². The molecule has 3 heteroatoms. The third kappa shape index (κ3) is 2.57. The Bertz CT molecular complexity index is 337. The SMILES string of the molecule is C[C@H](C[C@@H]1NCC(=O)N1)c1ccccc1. The molecule has 0 unspecified atom stereocenters. The highest BCUT2D eigenvalue weighted by molar-refractivity contribution is 5.80. The van der Waals surface area contributed by atoms with E-state index in [1.165, 1.54) is 5.56 Å². The summed E-state index contributed by atoms with van der Waals surface area (Å²) in [5.41, 5.74) is 1.32. The fraction of sp³-hybridized carbons (Fsp3) is 0.417. The Labute approximate surface area is 89.9 Å². The Morgan fingerprint density at radius 1 is 1.40 bits per heavy atom. The summed E-state index contributed by atoms with van der Waals surface area (Å²) in [5.74, 6) is 0.558. The molecule has 15 heavy (non-hydrogen) atoms. The summed E-state index contributed by atoms with van der Waals surface area (Å²) < 4.78 is 0. The molecule has 0 radical (unpaired) electrons. The maximum atomic E-state index is 11.0. The number of nitrogens with one attached hydrogen (secondary N) is 2. The van der Waals surface area contributed by atoms with E-state index in [1.54, 1.807) is 0 Å². The molecule has 1 heterocycles. The first-order valence-corrected chi connectivity index (χ1v) is 5.33. The highest BCUT2D eigenvalue weighted by Crippen LogP contribution is 2.19. The first kappa shape index (κ1) is 10.2. The van der Waals surface area contributed by atoms with Gasteiger partial charge in [-0.1, -0.05) is 37.3 Å². The van der Waals surface area contributed by atoms with Crippen molar-refractivity contribution in [2.75, 3.05) is 6.54 Å². The molecule has 0 aromatic heterocycles. The van der Waals surface area contributed by atoms with E-state index in [-0.39, 0.29) is 12.1 Å². The van der Waals surface area contributed by atoms with E-state index in [0.29, 0.717) is 12.5 Å². The van der Waals surface area contributed by atoms with E-state index in [9.17, 15) is 4.79 Å². The van der Waals surface area contributed by atoms with Crippen LogP contribution in [0.4, 0.5) is 0 Å². The molecular weight excluding hydrogens is 188 g/mol. The molecule has 80 valence electrons. The monoisotopic (exact) mass is 204 g/mol. The molecule has 0 spiro atoms. The highest BCUT2D eigenvalue weighted by atomic mass is 16.2. The van der Waals surface area contributed by atoms with Gasteiger partial charge in [0.15, 0.2) is 0 Å². The Morgan fingerprint density at radius 3 is 2.73 bits per heavy atom. The molecule has 0 aliphatic carbocycles. The number of benzene rings is 1. The van der Waals surface area contributed by atoms with Gasteiger partial charge < -0.3 is 5.32 Å². The number of hydrogen-bond donors (Lipinski definition) is 2. The summed E-state index contributed by atoms with van der Waals surface area (Å²) >= 11 is 0. The minimum absolute atomic E-state index is 0.0975. The molecule has 1 aromatic rings. The average molecular weight is 204 g/mol. The van der Waals surface area contributed by atoms with Crippen LogP contribution in [0.2, 0.25) is 0 Å². The van der Waals surface area contributed by atoms with Crippen LogP contribution in [-0.2, 0) is 4.79 Å². The van der Waals surface area contributed by atoms with Gasteiger partial charge in [0.05, 0.1) is 12.7 Å². The van der Waals surface area contributed by atoms with E-state index in [1.807, 2.05) is 18.2 Å². The van der Waals surface area contributed by atoms with Crippen LogP contribution >= 0.6 is 0 Å². The Morgan fingerprint density at radius 2 is 2.13 bits per heavy atom. The smallest absolute Gasteiger partial charge is 0.235 e. The van der Waals surface area contributed by atoms with Gasteiger partial charge in [-0.2, -0.15) is 0 Å². The summed E-state index contributed by atoms with van der Waals surface area (Å²) in [7, 11) is 0. The molecule has 1 saturated heterocycles. The first-order chi connectivity index (χ1) is 7.25. The molecule has 1 aliphatic heterocycles. The first-order valence-electron chi connectivity index (χ1n) is 5.33. The van der Waals surface area contributed by atoms with E-state index < -0.39 is 0 Å². The van der Waals surface area contributed by atoms with Crippen LogP contribution in [0.5, 0.6) is 0 Å². The number of carbonyl (C=O) groups excluding carboxylic acids is 1. The Hall–Kier alpha value is -1.35. The van der Waals surface area contributed by atoms with Crippen LogP contribution in [-0.4, -0.2) is 18.6 Å². The molecule has 0 saturated carbocycles. The lowest BCUT2D eigenvalue weighted by Crippen LogP contribution is -2.33. The lowest BCUT2D eigenvalue weighted by molar-refractivity contribution is -0.118. The molecule has 2 atom stereocenters. The van der Waals surface area contributed by atoms with Gasteiger partial charge in [-0.15, -0.1) is 0 Å². The van der Waals surface area contributed by atoms with Gasteiger partial charge in [0.1, 0.15) is 0 Å². The van der Waals surface area contributed by atoms with Gasteiger partial charge >= 0.3 is 0 Å². The minimum Gasteiger partial charge on any atom is -0.340 e. The maximum absolute atomic E-state index is 11.0. The third-order valence-corrected chi connectivity index (χ3v) is 2.80. The largest absolute Gasteiger partial charge is 0.340 e. The lowest BCUT2D eigenvalue weighted by atomic mass is 9.97. The zero-order valence-electron chi connectivity index (χ0n) is 8.86. The fourth-order valence-electron chi connectivity index (χ4n) is 1.93. The second-order valence-electron chi connectivity index (χ2n) is 4.05. The van der Waals surface area contributed by atoms with Crippen molar-refractivity contribution in [1.82, 2.24) is 10.6 Å². The predicted octanol–water partition coefficient (Wildman–Crippen LogP) is 1.23. The zero-order chi connectivity index (χ0) is 10.7. The van der Waals surface area contributed by atoms with Crippen molar-refractivity contribution >= 4 is 5.91 Å². The topological polar surface area (TPSA) is 41.1 Å². The normalized spacial score (nSPS) is 22.5. The quantitative estimate of drug-likeness (QED) is 0.777. The Kier molecular flexibility index (Phi) is 3.02. The van der Waals surface area contributed by atoms with Crippen LogP contribution < -0.4 is 10.6 Å². The van der Waals surface area contributed by atoms with Gasteiger partial charge in [0.25, 0.3) is 0 Å². The molecule has 0 bridgehead atoms. The number of rotatable bonds is 3. The zero-order valence-corrected chi connectivity index (χ0v) is 8.86. The fourth-order valence-corrected chi connectivity index (χ4v) is 1.93. The molecule has 2 N–H and O–H groups in total. The number of hydrogen-bond acceptors (Lipinski definition) is 2. The van der Waals surface area contributed by atoms with E-state index in [4.69, 9.17) is 0 Å². The minimum atomic E-state index is 0.0975. The van der Waals surface area contributed by atoms with Gasteiger partial charge in [-0.05, 0) is 17.9 Å². The summed E-state index contributed by atoms with van der Waals surface area (Å²) in [6.45, 7) is 2.63. The van der Waals surface area contributed by atoms with Gasteiger partial charge in [0, 0.05) is 0 Å². The van der Waals surface area contributed by atoms with E-state index in [2.05, 4.69) is 29.7 Å². The summed E-state index contributed by atoms with van der Waals surface area (Å²) in [5, 5.41) is 6.05. The summed E-state index contributed by atoms with van der Waals surface area (Å²) in [4.78, 5) is 11.0. The van der Waals surface area contributed by atoms with Crippen molar-refractivity contribution in [3.05, 3.63) is 35.9 Å². The van der Waals surface area contributed by atoms with Crippen molar-refractivity contribution < 1.29 is 4.79 Å². The van der Waals surface area contributed by atoms with Crippen LogP contribution in [0.1, 0.15) is 24.8 Å². The van der Waals surface area contributed by atoms with Crippen LogP contribution in [0.25, 0.3) is 0 Å². The molecule has 3 nitrogen and oxygen atoms in total. The average Bonchev–Trinajstić information content (AvgIpc) is 2.65. The molecule has 1 fully saturated rings. The predicted molar refractivity (Wildman–Crippen MR) is 59.4 cm³/mol. The lowest BCUT2D eigenvalue weighted by Gasteiger charge is -2.16. The Balaban J connectivity index is 1.92. The standard InChI is InChI=1S/C12H16N2O/c1-9(10-5-3-2-4-6-10)7-11-13-8-12(15)14-11/h2-6,9,11,13H,7-8H2,1H3,(H,14,15)/t9-,11-/m1/s1. The van der Waals surface area contributed by atoms with Gasteiger partial charge in [-0.25, -0.2) is 0 Å². The molecule has 1 aliphatic rings. The molecule has 2 rings (SSSR count). The second kappa shape index (κ2) is 4.45. The summed E-state index contributed by atoms with van der Waals surface area (Å²) in [6, 6.07) is 10.4. The molecule has 1 aromatic carbocycles. The van der Waals surface area contributed by atoms with Crippen molar-refractivity contribution in [2.24, 2.45) is 0 Å². The van der Waals surface area contributed by atoms with Crippen LogP contribution in [0.15, 0.2) is 30.3 Å². The van der Waals surface area contributed by atoms with Gasteiger partial charge in [0.2, 0.25) is 5.91 Å². The van der Waals surface area contributed by atoms with Crippen LogP contribution in [0.3, 0.4) is 0 Å². The van der Waals surface area contributed by atoms with E-state index in [0.717, 1.165) is 6.42 Å². The molecular formula is C12H16N2O. The van der Waals surface area contributed by atoms with Crippen molar-refractivity contribution in [3.63, 3.8) is 0 Å². The van der Waals surface area contributed by atoms with Gasteiger partial charge in [-0.3, -0.25) is 10.1 Å². The maximum Gasteiger partial charge on any atom is 0.235 e. The summed E-state index contributed by atoms with van der Waals surface area (Å²) in [6.07, 6.45) is 1.07.